The first-order chi connectivity index (χ1) is 9.28. The van der Waals surface area contributed by atoms with Crippen LogP contribution in [0, 0.1) is 0 Å². The van der Waals surface area contributed by atoms with E-state index in [-0.39, 0.29) is 6.04 Å². The van der Waals surface area contributed by atoms with Crippen LogP contribution in [0.15, 0.2) is 23.8 Å². The molecule has 4 nitrogen and oxygen atoms in total. The smallest absolute Gasteiger partial charge is 0.216 e. The van der Waals surface area contributed by atoms with Gasteiger partial charge in [-0.25, -0.2) is 9.97 Å². The Morgan fingerprint density at radius 1 is 1.42 bits per heavy atom. The lowest BCUT2D eigenvalue weighted by Gasteiger charge is -2.16. The number of aromatic nitrogens is 2. The van der Waals surface area contributed by atoms with Gasteiger partial charge in [0.05, 0.1) is 7.11 Å². The third-order valence-corrected chi connectivity index (χ3v) is 4.22. The van der Waals surface area contributed by atoms with Gasteiger partial charge in [0.25, 0.3) is 0 Å². The summed E-state index contributed by atoms with van der Waals surface area (Å²) in [6, 6.07) is 4.38. The summed E-state index contributed by atoms with van der Waals surface area (Å²) in [5.41, 5.74) is 2.40. The average Bonchev–Trinajstić information content (AvgIpc) is 2.93. The molecule has 0 spiro atoms. The van der Waals surface area contributed by atoms with Gasteiger partial charge in [-0.05, 0) is 30.5 Å². The quantitative estimate of drug-likeness (QED) is 0.881. The predicted molar refractivity (Wildman–Crippen MR) is 77.8 cm³/mol. The molecule has 0 aromatic carbocycles. The van der Waals surface area contributed by atoms with E-state index in [2.05, 4.69) is 33.7 Å². The molecule has 0 radical (unpaired) electrons. The summed E-state index contributed by atoms with van der Waals surface area (Å²) in [5, 5.41) is 5.53. The van der Waals surface area contributed by atoms with Crippen molar-refractivity contribution in [3.63, 3.8) is 0 Å². The number of aryl methyl sites for hydroxylation is 1. The van der Waals surface area contributed by atoms with Crippen molar-refractivity contribution in [1.82, 2.24) is 15.3 Å². The number of nitrogens with one attached hydrogen (secondary N) is 1. The highest BCUT2D eigenvalue weighted by Crippen LogP contribution is 2.27. The number of methoxy groups -OCH3 is 1. The first-order valence-electron chi connectivity index (χ1n) is 6.36. The minimum atomic E-state index is 0.287. The van der Waals surface area contributed by atoms with Crippen molar-refractivity contribution in [2.45, 2.75) is 25.8 Å². The summed E-state index contributed by atoms with van der Waals surface area (Å²) in [6.45, 7) is 2.19. The molecule has 2 aromatic heterocycles. The van der Waals surface area contributed by atoms with Gasteiger partial charge in [-0.2, -0.15) is 0 Å². The molecule has 102 valence electrons. The normalized spacial score (nSPS) is 12.4. The molecule has 2 rings (SSSR count). The SMILES string of the molecule is CCc1ccsc1C(Cc1cc(OC)ncn1)NC. The number of likely N-dealkylation sites (N-methyl/N-ethyl adjacent to an activating group) is 1. The Balaban J connectivity index is 2.19. The second-order valence-corrected chi connectivity index (χ2v) is 5.21. The minimum Gasteiger partial charge on any atom is -0.481 e. The van der Waals surface area contributed by atoms with Crippen molar-refractivity contribution in [2.24, 2.45) is 0 Å². The van der Waals surface area contributed by atoms with Crippen molar-refractivity contribution in [3.05, 3.63) is 40.0 Å². The molecular weight excluding hydrogens is 258 g/mol. The lowest BCUT2D eigenvalue weighted by atomic mass is 10.0. The Kier molecular flexibility index (Phi) is 4.87. The number of hydrogen-bond donors (Lipinski definition) is 1. The van der Waals surface area contributed by atoms with Crippen LogP contribution in [0.2, 0.25) is 0 Å². The number of nitrogens with zero attached hydrogens (tertiary/aromatic N) is 2. The van der Waals surface area contributed by atoms with Gasteiger partial charge in [-0.1, -0.05) is 6.92 Å². The molecule has 0 amide bonds. The second-order valence-electron chi connectivity index (χ2n) is 4.26. The van der Waals surface area contributed by atoms with E-state index in [0.29, 0.717) is 5.88 Å². The molecule has 5 heteroatoms. The maximum absolute atomic E-state index is 5.14. The van der Waals surface area contributed by atoms with Crippen molar-refractivity contribution in [2.75, 3.05) is 14.2 Å². The van der Waals surface area contributed by atoms with Crippen LogP contribution in [-0.4, -0.2) is 24.1 Å². The molecule has 1 unspecified atom stereocenters. The topological polar surface area (TPSA) is 47.0 Å². The van der Waals surface area contributed by atoms with Gasteiger partial charge in [-0.3, -0.25) is 0 Å². The maximum Gasteiger partial charge on any atom is 0.216 e. The van der Waals surface area contributed by atoms with Crippen LogP contribution in [0.25, 0.3) is 0 Å². The zero-order valence-corrected chi connectivity index (χ0v) is 12.3. The van der Waals surface area contributed by atoms with E-state index in [0.717, 1.165) is 18.5 Å². The molecule has 19 heavy (non-hydrogen) atoms. The van der Waals surface area contributed by atoms with Crippen LogP contribution in [0.3, 0.4) is 0 Å². The van der Waals surface area contributed by atoms with E-state index in [1.807, 2.05) is 13.1 Å². The number of rotatable bonds is 6. The molecule has 0 aliphatic heterocycles. The highest BCUT2D eigenvalue weighted by Gasteiger charge is 2.16. The van der Waals surface area contributed by atoms with Gasteiger partial charge >= 0.3 is 0 Å². The summed E-state index contributed by atoms with van der Waals surface area (Å²) in [5.74, 6) is 0.613. The monoisotopic (exact) mass is 277 g/mol. The Morgan fingerprint density at radius 3 is 2.95 bits per heavy atom. The number of ether oxygens (including phenoxy) is 1. The molecule has 2 heterocycles. The first-order valence-corrected chi connectivity index (χ1v) is 7.24. The summed E-state index contributed by atoms with van der Waals surface area (Å²) in [6.07, 6.45) is 3.45. The fourth-order valence-electron chi connectivity index (χ4n) is 2.08. The van der Waals surface area contributed by atoms with Crippen LogP contribution < -0.4 is 10.1 Å². The van der Waals surface area contributed by atoms with Gasteiger partial charge in [0.1, 0.15) is 6.33 Å². The molecule has 2 aromatic rings. The van der Waals surface area contributed by atoms with Crippen LogP contribution in [-0.2, 0) is 12.8 Å². The van der Waals surface area contributed by atoms with Crippen molar-refractivity contribution >= 4 is 11.3 Å². The van der Waals surface area contributed by atoms with Crippen LogP contribution in [0.4, 0.5) is 0 Å². The minimum absolute atomic E-state index is 0.287. The highest BCUT2D eigenvalue weighted by molar-refractivity contribution is 7.10. The van der Waals surface area contributed by atoms with Crippen molar-refractivity contribution < 1.29 is 4.74 Å². The van der Waals surface area contributed by atoms with Gasteiger partial charge in [-0.15, -0.1) is 11.3 Å². The van der Waals surface area contributed by atoms with Gasteiger partial charge < -0.3 is 10.1 Å². The fourth-order valence-corrected chi connectivity index (χ4v) is 3.19. The molecule has 1 atom stereocenters. The Morgan fingerprint density at radius 2 is 2.26 bits per heavy atom. The zero-order valence-electron chi connectivity index (χ0n) is 11.5. The zero-order chi connectivity index (χ0) is 13.7. The van der Waals surface area contributed by atoms with E-state index in [1.54, 1.807) is 24.8 Å². The summed E-state index contributed by atoms with van der Waals surface area (Å²) in [7, 11) is 3.61. The third-order valence-electron chi connectivity index (χ3n) is 3.15. The standard InChI is InChI=1S/C14H19N3OS/c1-4-10-5-6-19-14(10)12(15-2)7-11-8-13(18-3)17-9-16-11/h5-6,8-9,12,15H,4,7H2,1-3H3. The molecule has 0 fully saturated rings. The van der Waals surface area contributed by atoms with Crippen molar-refractivity contribution in [1.29, 1.82) is 0 Å². The van der Waals surface area contributed by atoms with Crippen LogP contribution >= 0.6 is 11.3 Å². The first kappa shape index (κ1) is 14.0. The molecule has 0 saturated carbocycles. The predicted octanol–water partition coefficient (Wildman–Crippen LogP) is 2.61. The molecule has 0 saturated heterocycles. The van der Waals surface area contributed by atoms with Gasteiger partial charge in [0.2, 0.25) is 5.88 Å². The second kappa shape index (κ2) is 6.63. The largest absolute Gasteiger partial charge is 0.481 e. The average molecular weight is 277 g/mol. The van der Waals surface area contributed by atoms with Crippen LogP contribution in [0.1, 0.15) is 29.1 Å². The van der Waals surface area contributed by atoms with E-state index in [4.69, 9.17) is 4.74 Å². The van der Waals surface area contributed by atoms with E-state index < -0.39 is 0 Å². The molecule has 1 N–H and O–H groups in total. The number of hydrogen-bond acceptors (Lipinski definition) is 5. The summed E-state index contributed by atoms with van der Waals surface area (Å²) >= 11 is 1.80. The Labute approximate surface area is 117 Å². The van der Waals surface area contributed by atoms with Crippen LogP contribution in [0.5, 0.6) is 5.88 Å². The molecular formula is C14H19N3OS. The maximum atomic E-state index is 5.14. The third kappa shape index (κ3) is 3.30. The molecule has 0 bridgehead atoms. The van der Waals surface area contributed by atoms with E-state index in [1.165, 1.54) is 10.4 Å². The van der Waals surface area contributed by atoms with Crippen molar-refractivity contribution in [3.8, 4) is 5.88 Å². The molecule has 0 aliphatic rings. The highest BCUT2D eigenvalue weighted by atomic mass is 32.1. The lowest BCUT2D eigenvalue weighted by molar-refractivity contribution is 0.395. The Bertz CT molecular complexity index is 527. The lowest BCUT2D eigenvalue weighted by Crippen LogP contribution is -2.19. The Hall–Kier alpha value is -1.46. The van der Waals surface area contributed by atoms with E-state index >= 15 is 0 Å². The summed E-state index contributed by atoms with van der Waals surface area (Å²) < 4.78 is 5.14. The number of thiophene rings is 1. The fraction of sp³-hybridized carbons (Fsp3) is 0.429. The summed E-state index contributed by atoms with van der Waals surface area (Å²) in [4.78, 5) is 9.74. The van der Waals surface area contributed by atoms with E-state index in [9.17, 15) is 0 Å². The molecule has 0 aliphatic carbocycles. The van der Waals surface area contributed by atoms with Gasteiger partial charge in [0.15, 0.2) is 0 Å². The van der Waals surface area contributed by atoms with Gasteiger partial charge in [0, 0.05) is 29.1 Å².